The SMILES string of the molecule is CC1CCC(C(=O)c2ccc(Cl)cc2Cl)O1. The molecule has 0 saturated carbocycles. The Morgan fingerprint density at radius 3 is 2.69 bits per heavy atom. The van der Waals surface area contributed by atoms with Crippen LogP contribution < -0.4 is 0 Å². The normalized spacial score (nSPS) is 24.7. The number of carbonyl (C=O) groups is 1. The number of rotatable bonds is 2. The van der Waals surface area contributed by atoms with Crippen LogP contribution in [0.3, 0.4) is 0 Å². The molecule has 0 radical (unpaired) electrons. The molecule has 16 heavy (non-hydrogen) atoms. The van der Waals surface area contributed by atoms with Gasteiger partial charge in [0.1, 0.15) is 6.10 Å². The van der Waals surface area contributed by atoms with Gasteiger partial charge in [0.2, 0.25) is 0 Å². The summed E-state index contributed by atoms with van der Waals surface area (Å²) in [5.41, 5.74) is 0.491. The van der Waals surface area contributed by atoms with Crippen molar-refractivity contribution >= 4 is 29.0 Å². The second-order valence-electron chi connectivity index (χ2n) is 4.00. The van der Waals surface area contributed by atoms with Gasteiger partial charge in [0.15, 0.2) is 5.78 Å². The Hall–Kier alpha value is -0.570. The summed E-state index contributed by atoms with van der Waals surface area (Å²) in [5, 5.41) is 0.919. The highest BCUT2D eigenvalue weighted by Crippen LogP contribution is 2.27. The summed E-state index contributed by atoms with van der Waals surface area (Å²) in [7, 11) is 0. The van der Waals surface area contributed by atoms with Crippen LogP contribution in [-0.2, 0) is 4.74 Å². The van der Waals surface area contributed by atoms with Gasteiger partial charge in [-0.15, -0.1) is 0 Å². The first-order chi connectivity index (χ1) is 7.58. The largest absolute Gasteiger partial charge is 0.367 e. The summed E-state index contributed by atoms with van der Waals surface area (Å²) >= 11 is 11.8. The van der Waals surface area contributed by atoms with Gasteiger partial charge in [-0.3, -0.25) is 4.79 Å². The van der Waals surface area contributed by atoms with Crippen LogP contribution in [0.25, 0.3) is 0 Å². The van der Waals surface area contributed by atoms with Crippen molar-refractivity contribution < 1.29 is 9.53 Å². The Balaban J connectivity index is 2.21. The topological polar surface area (TPSA) is 26.3 Å². The molecular weight excluding hydrogens is 247 g/mol. The van der Waals surface area contributed by atoms with E-state index in [1.807, 2.05) is 6.92 Å². The molecule has 2 atom stereocenters. The number of hydrogen-bond acceptors (Lipinski definition) is 2. The van der Waals surface area contributed by atoms with Crippen molar-refractivity contribution in [1.82, 2.24) is 0 Å². The lowest BCUT2D eigenvalue weighted by Gasteiger charge is -2.11. The highest BCUT2D eigenvalue weighted by molar-refractivity contribution is 6.37. The second-order valence-corrected chi connectivity index (χ2v) is 4.84. The maximum Gasteiger partial charge on any atom is 0.193 e. The Kier molecular flexibility index (Phi) is 3.53. The minimum atomic E-state index is -0.353. The molecule has 0 N–H and O–H groups in total. The maximum absolute atomic E-state index is 12.1. The lowest BCUT2D eigenvalue weighted by Crippen LogP contribution is -2.21. The molecule has 0 bridgehead atoms. The molecule has 2 nitrogen and oxygen atoms in total. The summed E-state index contributed by atoms with van der Waals surface area (Å²) in [4.78, 5) is 12.1. The van der Waals surface area contributed by atoms with Gasteiger partial charge >= 0.3 is 0 Å². The third-order valence-electron chi connectivity index (χ3n) is 2.72. The van der Waals surface area contributed by atoms with E-state index in [4.69, 9.17) is 27.9 Å². The number of carbonyl (C=O) groups excluding carboxylic acids is 1. The molecule has 1 aromatic rings. The number of benzene rings is 1. The number of hydrogen-bond donors (Lipinski definition) is 0. The molecule has 2 rings (SSSR count). The van der Waals surface area contributed by atoms with Gasteiger partial charge in [-0.2, -0.15) is 0 Å². The second kappa shape index (κ2) is 4.74. The van der Waals surface area contributed by atoms with Crippen LogP contribution in [0.1, 0.15) is 30.1 Å². The van der Waals surface area contributed by atoms with E-state index < -0.39 is 0 Å². The molecule has 1 aliphatic rings. The third-order valence-corrected chi connectivity index (χ3v) is 3.27. The van der Waals surface area contributed by atoms with Gasteiger partial charge < -0.3 is 4.74 Å². The molecule has 0 spiro atoms. The molecule has 2 unspecified atom stereocenters. The van der Waals surface area contributed by atoms with E-state index in [-0.39, 0.29) is 18.0 Å². The van der Waals surface area contributed by atoms with Crippen molar-refractivity contribution in [1.29, 1.82) is 0 Å². The van der Waals surface area contributed by atoms with Crippen molar-refractivity contribution in [3.8, 4) is 0 Å². The lowest BCUT2D eigenvalue weighted by atomic mass is 10.0. The zero-order chi connectivity index (χ0) is 11.7. The summed E-state index contributed by atoms with van der Waals surface area (Å²) in [6.07, 6.45) is 1.48. The van der Waals surface area contributed by atoms with E-state index in [2.05, 4.69) is 0 Å². The Morgan fingerprint density at radius 1 is 1.38 bits per heavy atom. The van der Waals surface area contributed by atoms with Crippen LogP contribution in [0.4, 0.5) is 0 Å². The minimum absolute atomic E-state index is 0.0500. The Bertz CT molecular complexity index is 417. The van der Waals surface area contributed by atoms with Crippen LogP contribution in [0.15, 0.2) is 18.2 Å². The van der Waals surface area contributed by atoms with Crippen LogP contribution in [0.2, 0.25) is 10.0 Å². The van der Waals surface area contributed by atoms with E-state index in [1.165, 1.54) is 0 Å². The quantitative estimate of drug-likeness (QED) is 0.756. The lowest BCUT2D eigenvalue weighted by molar-refractivity contribution is 0.0433. The highest BCUT2D eigenvalue weighted by Gasteiger charge is 2.29. The summed E-state index contributed by atoms with van der Waals surface area (Å²) in [5.74, 6) is -0.0500. The van der Waals surface area contributed by atoms with Gasteiger partial charge in [0.05, 0.1) is 11.1 Å². The Labute approximate surface area is 104 Å². The fraction of sp³-hybridized carbons (Fsp3) is 0.417. The van der Waals surface area contributed by atoms with Crippen LogP contribution in [0.5, 0.6) is 0 Å². The van der Waals surface area contributed by atoms with Gasteiger partial charge in [0.25, 0.3) is 0 Å². The van der Waals surface area contributed by atoms with Crippen molar-refractivity contribution in [3.05, 3.63) is 33.8 Å². The number of Topliss-reactive ketones (excluding diaryl/α,β-unsaturated/α-hetero) is 1. The zero-order valence-electron chi connectivity index (χ0n) is 8.87. The summed E-state index contributed by atoms with van der Waals surface area (Å²) in [6.45, 7) is 1.97. The smallest absolute Gasteiger partial charge is 0.193 e. The summed E-state index contributed by atoms with van der Waals surface area (Å²) in [6, 6.07) is 4.90. The predicted molar refractivity (Wildman–Crippen MR) is 64.4 cm³/mol. The molecule has 1 fully saturated rings. The standard InChI is InChI=1S/C12H12Cl2O2/c1-7-2-5-11(16-7)12(15)9-4-3-8(13)6-10(9)14/h3-4,6-7,11H,2,5H2,1H3. The van der Waals surface area contributed by atoms with Gasteiger partial charge in [-0.1, -0.05) is 23.2 Å². The molecular formula is C12H12Cl2O2. The van der Waals surface area contributed by atoms with Gasteiger partial charge in [-0.05, 0) is 38.0 Å². The predicted octanol–water partition coefficient (Wildman–Crippen LogP) is 3.74. The molecule has 1 aliphatic heterocycles. The van der Waals surface area contributed by atoms with Crippen LogP contribution in [-0.4, -0.2) is 18.0 Å². The monoisotopic (exact) mass is 258 g/mol. The fourth-order valence-corrected chi connectivity index (χ4v) is 2.36. The molecule has 0 aliphatic carbocycles. The van der Waals surface area contributed by atoms with E-state index in [0.717, 1.165) is 12.8 Å². The average molecular weight is 259 g/mol. The van der Waals surface area contributed by atoms with Crippen LogP contribution >= 0.6 is 23.2 Å². The van der Waals surface area contributed by atoms with Crippen LogP contribution in [0, 0.1) is 0 Å². The first kappa shape index (κ1) is 11.9. The molecule has 4 heteroatoms. The molecule has 1 heterocycles. The van der Waals surface area contributed by atoms with E-state index in [9.17, 15) is 4.79 Å². The van der Waals surface area contributed by atoms with Crippen molar-refractivity contribution in [3.63, 3.8) is 0 Å². The first-order valence-electron chi connectivity index (χ1n) is 5.22. The fourth-order valence-electron chi connectivity index (χ4n) is 1.86. The highest BCUT2D eigenvalue weighted by atomic mass is 35.5. The number of halogens is 2. The molecule has 0 aromatic heterocycles. The molecule has 1 saturated heterocycles. The molecule has 86 valence electrons. The molecule has 0 amide bonds. The summed E-state index contributed by atoms with van der Waals surface area (Å²) < 4.78 is 5.52. The number of ether oxygens (including phenoxy) is 1. The van der Waals surface area contributed by atoms with E-state index in [0.29, 0.717) is 15.6 Å². The van der Waals surface area contributed by atoms with Gasteiger partial charge in [0, 0.05) is 10.6 Å². The zero-order valence-corrected chi connectivity index (χ0v) is 10.4. The average Bonchev–Trinajstić information content (AvgIpc) is 2.64. The van der Waals surface area contributed by atoms with Crippen molar-refractivity contribution in [2.45, 2.75) is 32.0 Å². The van der Waals surface area contributed by atoms with Crippen molar-refractivity contribution in [2.75, 3.05) is 0 Å². The van der Waals surface area contributed by atoms with E-state index in [1.54, 1.807) is 18.2 Å². The van der Waals surface area contributed by atoms with Gasteiger partial charge in [-0.25, -0.2) is 0 Å². The van der Waals surface area contributed by atoms with E-state index >= 15 is 0 Å². The maximum atomic E-state index is 12.1. The van der Waals surface area contributed by atoms with Crippen molar-refractivity contribution in [2.24, 2.45) is 0 Å². The first-order valence-corrected chi connectivity index (χ1v) is 5.98. The number of ketones is 1. The third kappa shape index (κ3) is 2.40. The molecule has 1 aromatic carbocycles. The Morgan fingerprint density at radius 2 is 2.12 bits per heavy atom. The minimum Gasteiger partial charge on any atom is -0.367 e.